The highest BCUT2D eigenvalue weighted by atomic mass is 79.9. The van der Waals surface area contributed by atoms with Crippen LogP contribution in [0.2, 0.25) is 0 Å². The molecular formula is C57H54Br3F3N3O4+. The molecule has 1 aromatic heterocycles. The quantitative estimate of drug-likeness (QED) is 0.136. The molecule has 3 unspecified atom stereocenters. The van der Waals surface area contributed by atoms with E-state index in [0.29, 0.717) is 12.0 Å². The SMILES string of the molecule is Brc1ccc2c(c1)C1CCC(C2)N1.Cc1ccc(F)[n+](C(=O)C2[C@H]3CC[C@@H]2c2cc(Br)ccc2C3)c1.Cc1ccc(F)c(C(=O)N2[C@@H]3CC[C@H]2c2cc(Br)ccc2C3)c1.Cc1ccc(F)c(C(=O)O)c1. The lowest BCUT2D eigenvalue weighted by molar-refractivity contribution is -0.610. The maximum atomic E-state index is 14.2. The van der Waals surface area contributed by atoms with Crippen LogP contribution in [0.5, 0.6) is 0 Å². The molecule has 3 fully saturated rings. The van der Waals surface area contributed by atoms with Gasteiger partial charge >= 0.3 is 17.8 Å². The van der Waals surface area contributed by atoms with Gasteiger partial charge in [0, 0.05) is 49.1 Å². The Morgan fingerprint density at radius 3 is 1.86 bits per heavy atom. The Morgan fingerprint density at radius 1 is 0.614 bits per heavy atom. The Labute approximate surface area is 432 Å². The van der Waals surface area contributed by atoms with Crippen molar-refractivity contribution in [3.05, 3.63) is 202 Å². The molecule has 6 aromatic rings. The first-order chi connectivity index (χ1) is 33.5. The zero-order valence-corrected chi connectivity index (χ0v) is 43.9. The van der Waals surface area contributed by atoms with Crippen LogP contribution in [0, 0.1) is 50.2 Å². The number of aromatic nitrogens is 1. The lowest BCUT2D eigenvalue weighted by Gasteiger charge is -2.36. The summed E-state index contributed by atoms with van der Waals surface area (Å²) in [4.78, 5) is 38.3. The number of carboxylic acid groups (broad SMARTS) is 1. The lowest BCUT2D eigenvalue weighted by atomic mass is 9.74. The second-order valence-electron chi connectivity index (χ2n) is 19.6. The topological polar surface area (TPSA) is 90.6 Å². The highest BCUT2D eigenvalue weighted by molar-refractivity contribution is 9.11. The van der Waals surface area contributed by atoms with Crippen molar-refractivity contribution in [3.63, 3.8) is 0 Å². The van der Waals surface area contributed by atoms with Gasteiger partial charge in [-0.2, -0.15) is 0 Å². The summed E-state index contributed by atoms with van der Waals surface area (Å²) < 4.78 is 45.4. The molecule has 70 heavy (non-hydrogen) atoms. The van der Waals surface area contributed by atoms with Crippen molar-refractivity contribution in [2.45, 2.75) is 109 Å². The normalized spacial score (nSPS) is 22.7. The van der Waals surface area contributed by atoms with Gasteiger partial charge < -0.3 is 15.3 Å². The summed E-state index contributed by atoms with van der Waals surface area (Å²) in [7, 11) is 0. The first-order valence-electron chi connectivity index (χ1n) is 23.9. The third-order valence-electron chi connectivity index (χ3n) is 14.9. The average molecular weight is 1140 g/mol. The van der Waals surface area contributed by atoms with Crippen molar-refractivity contribution < 1.29 is 37.2 Å². The van der Waals surface area contributed by atoms with Crippen LogP contribution in [0.15, 0.2) is 123 Å². The number of aromatic carboxylic acids is 1. The van der Waals surface area contributed by atoms with Crippen molar-refractivity contribution in [2.24, 2.45) is 11.8 Å². The van der Waals surface area contributed by atoms with Gasteiger partial charge in [-0.3, -0.25) is 4.79 Å². The molecule has 6 bridgehead atoms. The predicted octanol–water partition coefficient (Wildman–Crippen LogP) is 13.6. The number of nitrogens with one attached hydrogen (secondary N) is 1. The second-order valence-corrected chi connectivity index (χ2v) is 22.3. The maximum absolute atomic E-state index is 14.2. The fourth-order valence-corrected chi connectivity index (χ4v) is 12.8. The Hall–Kier alpha value is -4.95. The van der Waals surface area contributed by atoms with E-state index in [1.54, 1.807) is 36.9 Å². The molecule has 0 spiro atoms. The number of carbonyl (C=O) groups excluding carboxylic acids is 2. The molecule has 0 radical (unpaired) electrons. The van der Waals surface area contributed by atoms with E-state index in [1.165, 1.54) is 80.4 Å². The summed E-state index contributed by atoms with van der Waals surface area (Å²) in [5.41, 5.74) is 10.7. The van der Waals surface area contributed by atoms with Crippen molar-refractivity contribution in [1.82, 2.24) is 10.2 Å². The van der Waals surface area contributed by atoms with E-state index < -0.39 is 23.6 Å². The van der Waals surface area contributed by atoms with E-state index in [1.807, 2.05) is 18.7 Å². The Morgan fingerprint density at radius 2 is 1.20 bits per heavy atom. The molecule has 2 saturated heterocycles. The molecule has 5 heterocycles. The molecule has 1 amide bonds. The number of carboxylic acids is 1. The molecule has 1 saturated carbocycles. The summed E-state index contributed by atoms with van der Waals surface area (Å²) in [6.45, 7) is 5.48. The highest BCUT2D eigenvalue weighted by Gasteiger charge is 2.50. The van der Waals surface area contributed by atoms with E-state index in [0.717, 1.165) is 76.3 Å². The van der Waals surface area contributed by atoms with Gasteiger partial charge in [-0.15, -0.1) is 8.96 Å². The summed E-state index contributed by atoms with van der Waals surface area (Å²) in [6.07, 6.45) is 11.3. The molecule has 13 heteroatoms. The second kappa shape index (κ2) is 21.0. The fourth-order valence-electron chi connectivity index (χ4n) is 11.7. The first kappa shape index (κ1) is 50.0. The third kappa shape index (κ3) is 10.5. The lowest BCUT2D eigenvalue weighted by Crippen LogP contribution is -2.52. The van der Waals surface area contributed by atoms with Crippen molar-refractivity contribution in [1.29, 1.82) is 0 Å². The van der Waals surface area contributed by atoms with Gasteiger partial charge in [-0.05, 0) is 185 Å². The Bertz CT molecular complexity index is 2890. The standard InChI is InChI=1S/C19H18BrFNO.C19H17BrFNO.C11H12BrN.C8H7FO2/c1-11-2-7-17(21)22(10-11)19(23)18-13-4-6-15(18)16-9-14(20)5-3-12(16)8-13;1-11-2-6-17(21)16(8-11)19(23)22-14-5-7-18(22)15-10-13(20)4-3-12(15)9-14;12-8-2-1-7-5-9-3-4-11(13-9)10(7)6-8;1-5-2-3-7(9)6(4-5)8(10)11/h2-3,5,7,9-10,13,15,18H,4,6,8H2,1H3;2-4,6,8,10,14,18H,5,7,9H2,1H3;1-2,6,9,11,13H,3-5H2;2-4H,1H3,(H,10,11)/q+1;;;/t13-,15+,18?;14-,18+;;/m01../s1. The van der Waals surface area contributed by atoms with E-state index in [9.17, 15) is 27.6 Å². The number of hydrogen-bond acceptors (Lipinski definition) is 4. The number of halogens is 6. The first-order valence-corrected chi connectivity index (χ1v) is 26.3. The van der Waals surface area contributed by atoms with Crippen molar-refractivity contribution in [3.8, 4) is 0 Å². The largest absolute Gasteiger partial charge is 0.478 e. The average Bonchev–Trinajstić information content (AvgIpc) is 4.00. The zero-order valence-electron chi connectivity index (χ0n) is 39.1. The van der Waals surface area contributed by atoms with Crippen LogP contribution in [0.3, 0.4) is 0 Å². The smallest absolute Gasteiger partial charge is 0.398 e. The number of amides is 1. The maximum Gasteiger partial charge on any atom is 0.398 e. The van der Waals surface area contributed by atoms with Crippen LogP contribution in [0.4, 0.5) is 13.2 Å². The number of rotatable bonds is 3. The number of nitrogens with zero attached hydrogens (tertiary/aromatic N) is 2. The number of carbonyl (C=O) groups is 3. The van der Waals surface area contributed by atoms with E-state index in [-0.39, 0.29) is 46.9 Å². The van der Waals surface area contributed by atoms with E-state index >= 15 is 0 Å². The van der Waals surface area contributed by atoms with Crippen molar-refractivity contribution >= 4 is 65.6 Å². The summed E-state index contributed by atoms with van der Waals surface area (Å²) in [5.74, 6) is -2.67. The van der Waals surface area contributed by atoms with Gasteiger partial charge in [0.15, 0.2) is 6.20 Å². The minimum absolute atomic E-state index is 0.0636. The number of benzene rings is 5. The molecule has 2 N–H and O–H groups in total. The van der Waals surface area contributed by atoms with Gasteiger partial charge in [-0.1, -0.05) is 89.2 Å². The van der Waals surface area contributed by atoms with Crippen LogP contribution in [0.25, 0.3) is 0 Å². The molecule has 4 aliphatic heterocycles. The van der Waals surface area contributed by atoms with Gasteiger partial charge in [0.1, 0.15) is 11.6 Å². The van der Waals surface area contributed by atoms with Gasteiger partial charge in [-0.25, -0.2) is 18.4 Å². The Balaban J connectivity index is 0.000000121. The molecule has 6 aliphatic rings. The highest BCUT2D eigenvalue weighted by Crippen LogP contribution is 2.51. The van der Waals surface area contributed by atoms with Crippen molar-refractivity contribution in [2.75, 3.05) is 0 Å². The van der Waals surface area contributed by atoms with Crippen LogP contribution >= 0.6 is 47.8 Å². The molecule has 5 aromatic carbocycles. The molecule has 12 rings (SSSR count). The van der Waals surface area contributed by atoms with Crippen LogP contribution in [0.1, 0.15) is 132 Å². The van der Waals surface area contributed by atoms with Crippen LogP contribution < -0.4 is 9.88 Å². The number of pyridine rings is 1. The molecule has 7 atom stereocenters. The minimum atomic E-state index is -1.23. The predicted molar refractivity (Wildman–Crippen MR) is 275 cm³/mol. The number of fused-ring (bicyclic) bond motifs is 12. The molecule has 7 nitrogen and oxygen atoms in total. The van der Waals surface area contributed by atoms with Gasteiger partial charge in [0.25, 0.3) is 5.91 Å². The number of aryl methyl sites for hydroxylation is 3. The summed E-state index contributed by atoms with van der Waals surface area (Å²) >= 11 is 10.6. The molecule has 2 aliphatic carbocycles. The van der Waals surface area contributed by atoms with Crippen LogP contribution in [-0.2, 0) is 19.3 Å². The summed E-state index contributed by atoms with van der Waals surface area (Å²) in [6, 6.07) is 32.8. The zero-order chi connectivity index (χ0) is 49.5. The Kier molecular flexibility index (Phi) is 15.0. The van der Waals surface area contributed by atoms with Gasteiger partial charge in [0.05, 0.1) is 23.1 Å². The van der Waals surface area contributed by atoms with Gasteiger partial charge in [0.2, 0.25) is 0 Å². The van der Waals surface area contributed by atoms with Crippen LogP contribution in [-0.4, -0.2) is 39.9 Å². The molecule has 362 valence electrons. The fraction of sp³-hybridized carbons (Fsp3) is 0.333. The minimum Gasteiger partial charge on any atom is -0.478 e. The monoisotopic (exact) mass is 1140 g/mol. The molecular weight excluding hydrogens is 1090 g/mol. The summed E-state index contributed by atoms with van der Waals surface area (Å²) in [5, 5.41) is 12.1. The van der Waals surface area contributed by atoms with E-state index in [4.69, 9.17) is 5.11 Å². The number of hydrogen-bond donors (Lipinski definition) is 2. The third-order valence-corrected chi connectivity index (χ3v) is 16.4. The van der Waals surface area contributed by atoms with E-state index in [2.05, 4.69) is 108 Å².